The van der Waals surface area contributed by atoms with Crippen LogP contribution in [0.5, 0.6) is 0 Å². The van der Waals surface area contributed by atoms with Crippen molar-refractivity contribution in [1.29, 1.82) is 0 Å². The molecule has 2 N–H and O–H groups in total. The van der Waals surface area contributed by atoms with Crippen LogP contribution >= 0.6 is 0 Å². The average Bonchev–Trinajstić information content (AvgIpc) is 2.81. The van der Waals surface area contributed by atoms with Crippen molar-refractivity contribution in [2.45, 2.75) is 31.0 Å². The number of hydrogen-bond acceptors (Lipinski definition) is 4. The van der Waals surface area contributed by atoms with Gasteiger partial charge in [0.15, 0.2) is 0 Å². The van der Waals surface area contributed by atoms with E-state index < -0.39 is 20.7 Å². The lowest BCUT2D eigenvalue weighted by molar-refractivity contribution is 0.107. The molecule has 2 atom stereocenters. The number of ether oxygens (including phenoxy) is 1. The maximum absolute atomic E-state index is 13.8. The number of halogens is 1. The van der Waals surface area contributed by atoms with Gasteiger partial charge >= 0.3 is 0 Å². The van der Waals surface area contributed by atoms with E-state index in [1.54, 1.807) is 0 Å². The Morgan fingerprint density at radius 2 is 2.25 bits per heavy atom. The fraction of sp³-hybridized carbons (Fsp3) is 0.538. The van der Waals surface area contributed by atoms with Gasteiger partial charge in [-0.25, -0.2) is 17.5 Å². The molecule has 0 amide bonds. The summed E-state index contributed by atoms with van der Waals surface area (Å²) >= 11 is 0. The largest absolute Gasteiger partial charge is 0.392 e. The maximum Gasteiger partial charge on any atom is 0.243 e. The van der Waals surface area contributed by atoms with Gasteiger partial charge in [0.1, 0.15) is 10.7 Å². The number of sulfonamides is 1. The van der Waals surface area contributed by atoms with Gasteiger partial charge in [0.05, 0.1) is 12.7 Å². The number of hydrogen-bond donors (Lipinski definition) is 2. The third-order valence-electron chi connectivity index (χ3n) is 3.54. The van der Waals surface area contributed by atoms with Crippen molar-refractivity contribution in [1.82, 2.24) is 4.72 Å². The Balaban J connectivity index is 2.10. The standard InChI is InChI=1S/C13H18FNO4S/c1-9-11(4-5-19-9)7-15-20(17,18)13-3-2-10(8-16)6-12(13)14/h2-3,6,9,11,15-16H,4-5,7-8H2,1H3. The number of nitrogens with one attached hydrogen (secondary N) is 1. The van der Waals surface area contributed by atoms with Crippen LogP contribution in [0.2, 0.25) is 0 Å². The summed E-state index contributed by atoms with van der Waals surface area (Å²) in [4.78, 5) is -0.402. The van der Waals surface area contributed by atoms with Crippen LogP contribution in [0.1, 0.15) is 18.9 Å². The van der Waals surface area contributed by atoms with Crippen molar-refractivity contribution in [3.8, 4) is 0 Å². The highest BCUT2D eigenvalue weighted by Crippen LogP contribution is 2.21. The van der Waals surface area contributed by atoms with Crippen LogP contribution in [0.3, 0.4) is 0 Å². The summed E-state index contributed by atoms with van der Waals surface area (Å²) in [7, 11) is -3.89. The predicted molar refractivity (Wildman–Crippen MR) is 71.0 cm³/mol. The Labute approximate surface area is 117 Å². The van der Waals surface area contributed by atoms with Crippen LogP contribution in [0.4, 0.5) is 4.39 Å². The molecule has 2 rings (SSSR count). The molecule has 0 aromatic heterocycles. The summed E-state index contributed by atoms with van der Waals surface area (Å²) in [5, 5.41) is 8.89. The first-order valence-corrected chi connectivity index (χ1v) is 7.93. The van der Waals surface area contributed by atoms with Crippen molar-refractivity contribution in [3.63, 3.8) is 0 Å². The number of aliphatic hydroxyl groups is 1. The lowest BCUT2D eigenvalue weighted by Crippen LogP contribution is -2.32. The van der Waals surface area contributed by atoms with Crippen LogP contribution in [0, 0.1) is 11.7 Å². The minimum Gasteiger partial charge on any atom is -0.392 e. The highest BCUT2D eigenvalue weighted by Gasteiger charge is 2.27. The van der Waals surface area contributed by atoms with Gasteiger partial charge in [-0.15, -0.1) is 0 Å². The summed E-state index contributed by atoms with van der Waals surface area (Å²) in [6.45, 7) is 2.40. The fourth-order valence-electron chi connectivity index (χ4n) is 2.20. The summed E-state index contributed by atoms with van der Waals surface area (Å²) in [6.07, 6.45) is 0.787. The molecule has 0 bridgehead atoms. The number of benzene rings is 1. The smallest absolute Gasteiger partial charge is 0.243 e. The van der Waals surface area contributed by atoms with Gasteiger partial charge in [0, 0.05) is 19.1 Å². The third kappa shape index (κ3) is 3.35. The highest BCUT2D eigenvalue weighted by atomic mass is 32.2. The van der Waals surface area contributed by atoms with Gasteiger partial charge in [-0.1, -0.05) is 6.07 Å². The second-order valence-electron chi connectivity index (χ2n) is 4.90. The first-order valence-electron chi connectivity index (χ1n) is 6.44. The second-order valence-corrected chi connectivity index (χ2v) is 6.63. The van der Waals surface area contributed by atoms with Crippen molar-refractivity contribution >= 4 is 10.0 Å². The van der Waals surface area contributed by atoms with Gasteiger partial charge < -0.3 is 9.84 Å². The van der Waals surface area contributed by atoms with Crippen LogP contribution in [0.15, 0.2) is 23.1 Å². The fourth-order valence-corrected chi connectivity index (χ4v) is 3.35. The quantitative estimate of drug-likeness (QED) is 0.851. The van der Waals surface area contributed by atoms with E-state index in [1.807, 2.05) is 6.92 Å². The Morgan fingerprint density at radius 3 is 2.80 bits per heavy atom. The Kier molecular flexibility index (Phi) is 4.74. The summed E-state index contributed by atoms with van der Waals surface area (Å²) in [5.41, 5.74) is 0.333. The normalized spacial score (nSPS) is 23.1. The molecule has 7 heteroatoms. The van der Waals surface area contributed by atoms with Gasteiger partial charge in [-0.3, -0.25) is 0 Å². The summed E-state index contributed by atoms with van der Waals surface area (Å²) in [5.74, 6) is -0.760. The van der Waals surface area contributed by atoms with Crippen LogP contribution in [-0.2, 0) is 21.4 Å². The van der Waals surface area contributed by atoms with Gasteiger partial charge in [-0.05, 0) is 31.0 Å². The molecule has 0 spiro atoms. The Bertz CT molecular complexity index is 576. The molecule has 0 aliphatic carbocycles. The van der Waals surface area contributed by atoms with E-state index in [-0.39, 0.29) is 25.2 Å². The van der Waals surface area contributed by atoms with Crippen molar-refractivity contribution in [2.24, 2.45) is 5.92 Å². The van der Waals surface area contributed by atoms with Gasteiger partial charge in [-0.2, -0.15) is 0 Å². The minimum absolute atomic E-state index is 0.000637. The molecule has 0 saturated carbocycles. The number of aliphatic hydroxyl groups excluding tert-OH is 1. The van der Waals surface area contributed by atoms with E-state index in [2.05, 4.69) is 4.72 Å². The zero-order chi connectivity index (χ0) is 14.8. The molecular weight excluding hydrogens is 285 g/mol. The SMILES string of the molecule is CC1OCCC1CNS(=O)(=O)c1ccc(CO)cc1F. The van der Waals surface area contributed by atoms with E-state index in [4.69, 9.17) is 9.84 Å². The van der Waals surface area contributed by atoms with E-state index >= 15 is 0 Å². The maximum atomic E-state index is 13.8. The van der Waals surface area contributed by atoms with Crippen molar-refractivity contribution in [3.05, 3.63) is 29.6 Å². The average molecular weight is 303 g/mol. The van der Waals surface area contributed by atoms with E-state index in [0.717, 1.165) is 18.6 Å². The molecule has 0 radical (unpaired) electrons. The molecule has 20 heavy (non-hydrogen) atoms. The van der Waals surface area contributed by atoms with Gasteiger partial charge in [0.25, 0.3) is 0 Å². The van der Waals surface area contributed by atoms with Crippen molar-refractivity contribution in [2.75, 3.05) is 13.2 Å². The zero-order valence-corrected chi connectivity index (χ0v) is 12.0. The summed E-state index contributed by atoms with van der Waals surface area (Å²) < 4.78 is 45.6. The molecule has 5 nitrogen and oxygen atoms in total. The molecule has 112 valence electrons. The lowest BCUT2D eigenvalue weighted by atomic mass is 10.0. The Morgan fingerprint density at radius 1 is 1.50 bits per heavy atom. The predicted octanol–water partition coefficient (Wildman–Crippen LogP) is 1.02. The van der Waals surface area contributed by atoms with Crippen LogP contribution < -0.4 is 4.72 Å². The molecule has 1 aliphatic rings. The molecule has 2 unspecified atom stereocenters. The second kappa shape index (κ2) is 6.17. The molecule has 1 heterocycles. The monoisotopic (exact) mass is 303 g/mol. The molecule has 1 aliphatic heterocycles. The topological polar surface area (TPSA) is 75.6 Å². The molecule has 1 fully saturated rings. The third-order valence-corrected chi connectivity index (χ3v) is 4.99. The van der Waals surface area contributed by atoms with Crippen LogP contribution in [-0.4, -0.2) is 32.8 Å². The highest BCUT2D eigenvalue weighted by molar-refractivity contribution is 7.89. The van der Waals surface area contributed by atoms with E-state index in [0.29, 0.717) is 12.2 Å². The molecule has 1 aromatic carbocycles. The molecular formula is C13H18FNO4S. The molecule has 1 aromatic rings. The van der Waals surface area contributed by atoms with Crippen LogP contribution in [0.25, 0.3) is 0 Å². The Hall–Kier alpha value is -1.02. The first kappa shape index (κ1) is 15.4. The summed E-state index contributed by atoms with van der Waals surface area (Å²) in [6, 6.07) is 3.58. The van der Waals surface area contributed by atoms with Crippen molar-refractivity contribution < 1.29 is 22.7 Å². The lowest BCUT2D eigenvalue weighted by Gasteiger charge is -2.15. The first-order chi connectivity index (χ1) is 9.44. The van der Waals surface area contributed by atoms with E-state index in [1.165, 1.54) is 6.07 Å². The van der Waals surface area contributed by atoms with Gasteiger partial charge in [0.2, 0.25) is 10.0 Å². The molecule has 1 saturated heterocycles. The number of rotatable bonds is 5. The minimum atomic E-state index is -3.89. The van der Waals surface area contributed by atoms with E-state index in [9.17, 15) is 12.8 Å². The zero-order valence-electron chi connectivity index (χ0n) is 11.2.